The maximum atomic E-state index is 2.44. The van der Waals surface area contributed by atoms with E-state index in [4.69, 9.17) is 0 Å². The summed E-state index contributed by atoms with van der Waals surface area (Å²) in [6, 6.07) is 45.9. The summed E-state index contributed by atoms with van der Waals surface area (Å²) in [5, 5.41) is 0. The first-order valence-corrected chi connectivity index (χ1v) is 17.0. The molecule has 1 aliphatic rings. The average Bonchev–Trinajstić information content (AvgIpc) is 3.01. The molecule has 0 N–H and O–H groups in total. The van der Waals surface area contributed by atoms with Crippen molar-refractivity contribution in [3.8, 4) is 0 Å². The van der Waals surface area contributed by atoms with Gasteiger partial charge in [-0.2, -0.15) is 0 Å². The lowest BCUT2D eigenvalue weighted by molar-refractivity contribution is 0.360. The van der Waals surface area contributed by atoms with Crippen molar-refractivity contribution in [1.29, 1.82) is 0 Å². The predicted molar refractivity (Wildman–Crippen MR) is 171 cm³/mol. The highest BCUT2D eigenvalue weighted by atomic mass is 31.1. The summed E-state index contributed by atoms with van der Waals surface area (Å²) in [6.07, 6.45) is 12.0. The fourth-order valence-electron chi connectivity index (χ4n) is 6.90. The van der Waals surface area contributed by atoms with Gasteiger partial charge in [-0.1, -0.05) is 168 Å². The highest BCUT2D eigenvalue weighted by Crippen LogP contribution is 2.72. The van der Waals surface area contributed by atoms with Crippen molar-refractivity contribution in [3.05, 3.63) is 144 Å². The smallest absolute Gasteiger partial charge is 0.00845 e. The normalized spacial score (nSPS) is 22.9. The summed E-state index contributed by atoms with van der Waals surface area (Å²) in [6.45, 7) is 2.32. The molecule has 1 fully saturated rings. The summed E-state index contributed by atoms with van der Waals surface area (Å²) >= 11 is 0. The van der Waals surface area contributed by atoms with Gasteiger partial charge >= 0.3 is 0 Å². The van der Waals surface area contributed by atoms with Gasteiger partial charge in [0, 0.05) is 11.3 Å². The maximum Gasteiger partial charge on any atom is 0.00845 e. The molecule has 0 spiro atoms. The molecule has 0 nitrogen and oxygen atoms in total. The zero-order valence-corrected chi connectivity index (χ0v) is 24.6. The van der Waals surface area contributed by atoms with E-state index in [9.17, 15) is 0 Å². The van der Waals surface area contributed by atoms with E-state index in [1.807, 2.05) is 0 Å². The highest BCUT2D eigenvalue weighted by Gasteiger charge is 2.45. The van der Waals surface area contributed by atoms with E-state index in [-0.39, 0.29) is 7.92 Å². The summed E-state index contributed by atoms with van der Waals surface area (Å²) in [4.78, 5) is 0. The minimum absolute atomic E-state index is 0.228. The largest absolute Gasteiger partial charge is 0.0910 e. The highest BCUT2D eigenvalue weighted by molar-refractivity contribution is 7.58. The van der Waals surface area contributed by atoms with Gasteiger partial charge in [-0.15, -0.1) is 0 Å². The van der Waals surface area contributed by atoms with E-state index >= 15 is 0 Å². The molecule has 0 saturated carbocycles. The molecular formula is C38H45P. The molecule has 5 rings (SSSR count). The molecule has 5 atom stereocenters. The van der Waals surface area contributed by atoms with Gasteiger partial charge in [0.25, 0.3) is 0 Å². The first-order valence-electron chi connectivity index (χ1n) is 15.3. The van der Waals surface area contributed by atoms with Crippen LogP contribution in [0.3, 0.4) is 0 Å². The van der Waals surface area contributed by atoms with Gasteiger partial charge in [-0.3, -0.25) is 0 Å². The molecule has 0 aromatic heterocycles. The van der Waals surface area contributed by atoms with Crippen molar-refractivity contribution in [2.24, 2.45) is 5.92 Å². The van der Waals surface area contributed by atoms with Gasteiger partial charge in [0.2, 0.25) is 0 Å². The second-order valence-corrected chi connectivity index (χ2v) is 14.0. The van der Waals surface area contributed by atoms with Gasteiger partial charge in [-0.05, 0) is 59.5 Å². The Bertz CT molecular complexity index is 1200. The fraction of sp³-hybridized carbons (Fsp3) is 0.368. The molecule has 202 valence electrons. The number of rotatable bonds is 12. The molecule has 1 aliphatic heterocycles. The minimum atomic E-state index is -0.228. The quantitative estimate of drug-likeness (QED) is 0.126. The average molecular weight is 533 g/mol. The summed E-state index contributed by atoms with van der Waals surface area (Å²) in [5.74, 6) is 1.15. The van der Waals surface area contributed by atoms with E-state index < -0.39 is 0 Å². The Morgan fingerprint density at radius 3 is 1.69 bits per heavy atom. The van der Waals surface area contributed by atoms with E-state index in [2.05, 4.69) is 128 Å². The van der Waals surface area contributed by atoms with Crippen molar-refractivity contribution in [1.82, 2.24) is 0 Å². The van der Waals surface area contributed by atoms with Crippen LogP contribution in [0, 0.1) is 5.92 Å². The Kier molecular flexibility index (Phi) is 10.4. The molecular weight excluding hydrogens is 487 g/mol. The Morgan fingerprint density at radius 2 is 1.08 bits per heavy atom. The topological polar surface area (TPSA) is 0 Å². The minimum Gasteiger partial charge on any atom is -0.0910 e. The SMILES string of the molecule is CCCCCCCCP1C(c2ccccc2)CC(c2ccccc2)C(Cc2ccccc2)C1c1ccccc1. The van der Waals surface area contributed by atoms with E-state index in [1.165, 1.54) is 62.2 Å². The van der Waals surface area contributed by atoms with Crippen LogP contribution in [0.5, 0.6) is 0 Å². The lowest BCUT2D eigenvalue weighted by atomic mass is 9.75. The standard InChI is InChI=1S/C38H45P/c1-2-3-4-5-6-19-28-39-37(33-24-15-9-16-25-33)30-35(32-22-13-8-14-23-32)36(29-31-20-11-7-12-21-31)38(39)34-26-17-10-18-27-34/h7-18,20-27,35-38H,2-6,19,28-30H2,1H3. The van der Waals surface area contributed by atoms with E-state index in [0.29, 0.717) is 23.2 Å². The second kappa shape index (κ2) is 14.6. The number of hydrogen-bond donors (Lipinski definition) is 0. The van der Waals surface area contributed by atoms with Crippen LogP contribution in [0.25, 0.3) is 0 Å². The van der Waals surface area contributed by atoms with E-state index in [1.54, 1.807) is 11.1 Å². The Morgan fingerprint density at radius 1 is 0.564 bits per heavy atom. The third-order valence-corrected chi connectivity index (χ3v) is 12.3. The molecule has 1 saturated heterocycles. The predicted octanol–water partition coefficient (Wildman–Crippen LogP) is 11.4. The molecule has 1 heterocycles. The molecule has 0 radical (unpaired) electrons. The van der Waals surface area contributed by atoms with E-state index in [0.717, 1.165) is 6.42 Å². The van der Waals surface area contributed by atoms with Crippen LogP contribution in [0.15, 0.2) is 121 Å². The summed E-state index contributed by atoms with van der Waals surface area (Å²) < 4.78 is 0. The monoisotopic (exact) mass is 532 g/mol. The van der Waals surface area contributed by atoms with Crippen molar-refractivity contribution in [3.63, 3.8) is 0 Å². The number of hydrogen-bond acceptors (Lipinski definition) is 0. The van der Waals surface area contributed by atoms with Crippen LogP contribution < -0.4 is 0 Å². The third kappa shape index (κ3) is 7.29. The van der Waals surface area contributed by atoms with Crippen molar-refractivity contribution >= 4 is 7.92 Å². The second-order valence-electron chi connectivity index (χ2n) is 11.4. The van der Waals surface area contributed by atoms with Gasteiger partial charge in [-0.25, -0.2) is 0 Å². The lowest BCUT2D eigenvalue weighted by Gasteiger charge is -2.49. The number of benzene rings is 4. The van der Waals surface area contributed by atoms with Crippen LogP contribution in [-0.2, 0) is 6.42 Å². The van der Waals surface area contributed by atoms with Crippen LogP contribution in [0.1, 0.15) is 91.4 Å². The van der Waals surface area contributed by atoms with Gasteiger partial charge in [0.15, 0.2) is 0 Å². The van der Waals surface area contributed by atoms with Crippen LogP contribution in [0.2, 0.25) is 0 Å². The first kappa shape index (κ1) is 27.9. The molecule has 39 heavy (non-hydrogen) atoms. The molecule has 1 heteroatoms. The van der Waals surface area contributed by atoms with Gasteiger partial charge < -0.3 is 0 Å². The lowest BCUT2D eigenvalue weighted by Crippen LogP contribution is -2.30. The summed E-state index contributed by atoms with van der Waals surface area (Å²) in [5.41, 5.74) is 7.37. The van der Waals surface area contributed by atoms with Crippen molar-refractivity contribution in [2.45, 2.75) is 75.5 Å². The van der Waals surface area contributed by atoms with Gasteiger partial charge in [0.05, 0.1) is 0 Å². The molecule has 0 amide bonds. The first-order chi connectivity index (χ1) is 19.3. The summed E-state index contributed by atoms with van der Waals surface area (Å²) in [7, 11) is -0.228. The fourth-order valence-corrected chi connectivity index (χ4v) is 10.9. The van der Waals surface area contributed by atoms with Crippen LogP contribution in [-0.4, -0.2) is 6.16 Å². The van der Waals surface area contributed by atoms with Crippen LogP contribution in [0.4, 0.5) is 0 Å². The molecule has 0 aliphatic carbocycles. The molecule has 4 aromatic rings. The van der Waals surface area contributed by atoms with Crippen molar-refractivity contribution in [2.75, 3.05) is 6.16 Å². The molecule has 4 aromatic carbocycles. The zero-order chi connectivity index (χ0) is 26.7. The Labute approximate surface area is 238 Å². The zero-order valence-electron chi connectivity index (χ0n) is 23.7. The molecule has 5 unspecified atom stereocenters. The van der Waals surface area contributed by atoms with Crippen molar-refractivity contribution < 1.29 is 0 Å². The Balaban J connectivity index is 1.56. The molecule has 0 bridgehead atoms. The third-order valence-electron chi connectivity index (χ3n) is 8.79. The Hall–Kier alpha value is -2.69. The maximum absolute atomic E-state index is 2.44. The van der Waals surface area contributed by atoms with Crippen LogP contribution >= 0.6 is 7.92 Å². The van der Waals surface area contributed by atoms with Gasteiger partial charge in [0.1, 0.15) is 0 Å². The number of unbranched alkanes of at least 4 members (excludes halogenated alkanes) is 5.